The number of halogens is 2. The molecule has 0 unspecified atom stereocenters. The van der Waals surface area contributed by atoms with Crippen LogP contribution in [-0.4, -0.2) is 11.8 Å². The van der Waals surface area contributed by atoms with Gasteiger partial charge in [-0.25, -0.2) is 8.78 Å². The first-order valence-corrected chi connectivity index (χ1v) is 7.12. The van der Waals surface area contributed by atoms with Crippen LogP contribution in [0.1, 0.15) is 5.56 Å². The maximum atomic E-state index is 13.3. The third-order valence-corrected chi connectivity index (χ3v) is 3.37. The van der Waals surface area contributed by atoms with E-state index in [-0.39, 0.29) is 17.2 Å². The monoisotopic (exact) mass is 342 g/mol. The number of carboxylic acids is 1. The highest BCUT2D eigenvalue weighted by Crippen LogP contribution is 2.27. The molecule has 5 nitrogen and oxygen atoms in total. The van der Waals surface area contributed by atoms with E-state index in [0.717, 1.165) is 18.2 Å². The van der Waals surface area contributed by atoms with Gasteiger partial charge in [0.05, 0.1) is 5.97 Å². The summed E-state index contributed by atoms with van der Waals surface area (Å²) < 4.78 is 31.5. The van der Waals surface area contributed by atoms with Gasteiger partial charge in [0.15, 0.2) is 17.4 Å². The zero-order chi connectivity index (χ0) is 18.0. The van der Waals surface area contributed by atoms with Crippen molar-refractivity contribution in [2.45, 2.75) is 0 Å². The number of benzene rings is 2. The lowest BCUT2D eigenvalue weighted by molar-refractivity contribution is -0.298. The number of Topliss-reactive ketones (excluding diaryl/α,β-unsaturated/α-hetero) is 1. The molecule has 3 rings (SSSR count). The summed E-state index contributed by atoms with van der Waals surface area (Å²) in [6.07, 6.45) is 1.12. The van der Waals surface area contributed by atoms with Crippen molar-refractivity contribution in [3.63, 3.8) is 0 Å². The van der Waals surface area contributed by atoms with Gasteiger partial charge in [-0.15, -0.1) is 0 Å². The summed E-state index contributed by atoms with van der Waals surface area (Å²) in [5.74, 6) is -5.43. The number of allylic oxidation sites excluding steroid dienone is 1. The molecule has 1 N–H and O–H groups in total. The van der Waals surface area contributed by atoms with Gasteiger partial charge in [0.2, 0.25) is 11.7 Å². The summed E-state index contributed by atoms with van der Waals surface area (Å²) in [7, 11) is 0. The zero-order valence-electron chi connectivity index (χ0n) is 12.6. The predicted molar refractivity (Wildman–Crippen MR) is 82.5 cm³/mol. The first-order valence-electron chi connectivity index (χ1n) is 7.12. The Hall–Kier alpha value is -3.48. The number of aliphatic carboxylic acids is 1. The van der Waals surface area contributed by atoms with Crippen molar-refractivity contribution in [1.82, 2.24) is 0 Å². The third kappa shape index (κ3) is 3.40. The minimum atomic E-state index is -1.71. The fourth-order valence-electron chi connectivity index (χ4n) is 2.21. The van der Waals surface area contributed by atoms with Crippen molar-refractivity contribution < 1.29 is 28.2 Å². The number of carbonyl (C=O) groups excluding carboxylic acids is 2. The standard InChI is InChI=1S/C18H11F2NO4/c19-12-7-6-10(8-13(12)20)9-14-16(22)15(18(23)24)17(25-14)21-11-4-2-1-3-5-11/h1-9,21H,(H,23,24)/p-1/b14-9-. The molecule has 25 heavy (non-hydrogen) atoms. The van der Waals surface area contributed by atoms with Crippen LogP contribution in [-0.2, 0) is 14.3 Å². The van der Waals surface area contributed by atoms with Crippen LogP contribution in [0.25, 0.3) is 6.08 Å². The van der Waals surface area contributed by atoms with Crippen LogP contribution in [0.2, 0.25) is 0 Å². The fourth-order valence-corrected chi connectivity index (χ4v) is 2.21. The molecular formula is C18H10F2NO4-. The molecule has 7 heteroatoms. The Morgan fingerprint density at radius 2 is 1.80 bits per heavy atom. The highest BCUT2D eigenvalue weighted by atomic mass is 19.2. The predicted octanol–water partition coefficient (Wildman–Crippen LogP) is 1.98. The van der Waals surface area contributed by atoms with E-state index in [1.54, 1.807) is 30.3 Å². The summed E-state index contributed by atoms with van der Waals surface area (Å²) in [6.45, 7) is 0. The highest BCUT2D eigenvalue weighted by molar-refractivity contribution is 6.25. The van der Waals surface area contributed by atoms with E-state index in [2.05, 4.69) is 5.32 Å². The van der Waals surface area contributed by atoms with Crippen LogP contribution in [0.5, 0.6) is 0 Å². The number of ether oxygens (including phenoxy) is 1. The third-order valence-electron chi connectivity index (χ3n) is 3.37. The van der Waals surface area contributed by atoms with Gasteiger partial charge in [0.1, 0.15) is 5.57 Å². The number of para-hydroxylation sites is 1. The Morgan fingerprint density at radius 1 is 1.08 bits per heavy atom. The van der Waals surface area contributed by atoms with E-state index >= 15 is 0 Å². The molecule has 1 aliphatic rings. The first kappa shape index (κ1) is 16.4. The van der Waals surface area contributed by atoms with Gasteiger partial charge in [-0.05, 0) is 35.9 Å². The minimum Gasteiger partial charge on any atom is -0.544 e. The second kappa shape index (κ2) is 6.56. The molecule has 0 atom stereocenters. The molecule has 1 heterocycles. The largest absolute Gasteiger partial charge is 0.544 e. The smallest absolute Gasteiger partial charge is 0.235 e. The number of carbonyl (C=O) groups is 2. The Morgan fingerprint density at radius 3 is 2.44 bits per heavy atom. The Labute approximate surface area is 140 Å². The molecule has 0 aliphatic carbocycles. The summed E-state index contributed by atoms with van der Waals surface area (Å²) in [6, 6.07) is 11.4. The van der Waals surface area contributed by atoms with Gasteiger partial charge in [-0.1, -0.05) is 24.3 Å². The van der Waals surface area contributed by atoms with Crippen LogP contribution >= 0.6 is 0 Å². The number of hydrogen-bond acceptors (Lipinski definition) is 5. The maximum absolute atomic E-state index is 13.3. The van der Waals surface area contributed by atoms with Gasteiger partial charge in [-0.3, -0.25) is 4.79 Å². The van der Waals surface area contributed by atoms with Crippen LogP contribution < -0.4 is 10.4 Å². The maximum Gasteiger partial charge on any atom is 0.235 e. The molecule has 126 valence electrons. The highest BCUT2D eigenvalue weighted by Gasteiger charge is 2.31. The number of rotatable bonds is 4. The van der Waals surface area contributed by atoms with E-state index < -0.39 is 29.0 Å². The molecule has 0 saturated heterocycles. The van der Waals surface area contributed by atoms with Crippen LogP contribution in [0.3, 0.4) is 0 Å². The molecule has 2 aromatic rings. The number of hydrogen-bond donors (Lipinski definition) is 1. The van der Waals surface area contributed by atoms with Gasteiger partial charge in [0, 0.05) is 5.69 Å². The number of anilines is 1. The van der Waals surface area contributed by atoms with Crippen molar-refractivity contribution >= 4 is 23.5 Å². The van der Waals surface area contributed by atoms with Crippen molar-refractivity contribution in [3.8, 4) is 0 Å². The second-order valence-corrected chi connectivity index (χ2v) is 5.10. The molecular weight excluding hydrogens is 332 g/mol. The molecule has 0 bridgehead atoms. The van der Waals surface area contributed by atoms with E-state index in [1.165, 1.54) is 6.07 Å². The lowest BCUT2D eigenvalue weighted by Gasteiger charge is -2.08. The molecule has 0 amide bonds. The van der Waals surface area contributed by atoms with E-state index in [0.29, 0.717) is 5.69 Å². The average Bonchev–Trinajstić information content (AvgIpc) is 2.87. The van der Waals surface area contributed by atoms with E-state index in [9.17, 15) is 23.5 Å². The van der Waals surface area contributed by atoms with E-state index in [1.807, 2.05) is 0 Å². The van der Waals surface area contributed by atoms with Crippen molar-refractivity contribution in [1.29, 1.82) is 0 Å². The molecule has 0 aromatic heterocycles. The Kier molecular flexibility index (Phi) is 4.30. The quantitative estimate of drug-likeness (QED) is 0.679. The average molecular weight is 342 g/mol. The Bertz CT molecular complexity index is 920. The van der Waals surface area contributed by atoms with Crippen molar-refractivity contribution in [3.05, 3.63) is 82.9 Å². The molecule has 0 spiro atoms. The first-order chi connectivity index (χ1) is 12.0. The molecule has 0 saturated carbocycles. The second-order valence-electron chi connectivity index (χ2n) is 5.10. The zero-order valence-corrected chi connectivity index (χ0v) is 12.6. The molecule has 1 aliphatic heterocycles. The molecule has 0 fully saturated rings. The lowest BCUT2D eigenvalue weighted by atomic mass is 10.1. The van der Waals surface area contributed by atoms with Crippen LogP contribution in [0.4, 0.5) is 14.5 Å². The summed E-state index contributed by atoms with van der Waals surface area (Å²) in [5.41, 5.74) is -0.0447. The number of nitrogens with one attached hydrogen (secondary N) is 1. The topological polar surface area (TPSA) is 78.5 Å². The van der Waals surface area contributed by atoms with Crippen molar-refractivity contribution in [2.24, 2.45) is 0 Å². The molecule has 2 aromatic carbocycles. The SMILES string of the molecule is O=C([O-])C1=C(Nc2ccccc2)O/C(=C\c2ccc(F)c(F)c2)C1=O. The Balaban J connectivity index is 1.93. The summed E-state index contributed by atoms with van der Waals surface area (Å²) >= 11 is 0. The van der Waals surface area contributed by atoms with E-state index in [4.69, 9.17) is 4.74 Å². The van der Waals surface area contributed by atoms with Crippen molar-refractivity contribution in [2.75, 3.05) is 5.32 Å². The lowest BCUT2D eigenvalue weighted by Crippen LogP contribution is -2.28. The summed E-state index contributed by atoms with van der Waals surface area (Å²) in [5, 5.41) is 13.9. The number of ketones is 1. The van der Waals surface area contributed by atoms with Gasteiger partial charge < -0.3 is 20.0 Å². The van der Waals surface area contributed by atoms with Crippen LogP contribution in [0.15, 0.2) is 65.7 Å². The summed E-state index contributed by atoms with van der Waals surface area (Å²) in [4.78, 5) is 23.5. The van der Waals surface area contributed by atoms with Gasteiger partial charge in [0.25, 0.3) is 0 Å². The molecule has 0 radical (unpaired) electrons. The number of carboxylic acid groups (broad SMARTS) is 1. The minimum absolute atomic E-state index is 0.140. The van der Waals surface area contributed by atoms with Gasteiger partial charge >= 0.3 is 0 Å². The van der Waals surface area contributed by atoms with Gasteiger partial charge in [-0.2, -0.15) is 0 Å². The van der Waals surface area contributed by atoms with Crippen LogP contribution in [0, 0.1) is 11.6 Å². The normalized spacial score (nSPS) is 15.4. The fraction of sp³-hybridized carbons (Fsp3) is 0.